The third kappa shape index (κ3) is 4.01. The fraction of sp³-hybridized carbons (Fsp3) is 0.857. The van der Waals surface area contributed by atoms with E-state index in [1.54, 1.807) is 0 Å². The van der Waals surface area contributed by atoms with E-state index >= 15 is 0 Å². The first kappa shape index (κ1) is 8.47. The first-order valence-electron chi connectivity index (χ1n) is 3.34. The summed E-state index contributed by atoms with van der Waals surface area (Å²) in [4.78, 5) is 0. The molecule has 0 atom stereocenters. The van der Waals surface area contributed by atoms with Crippen molar-refractivity contribution in [2.24, 2.45) is 0 Å². The van der Waals surface area contributed by atoms with Crippen LogP contribution >= 0.6 is 0 Å². The molecule has 2 heteroatoms. The maximum Gasteiger partial charge on any atom is 0.175 e. The van der Waals surface area contributed by atoms with Gasteiger partial charge in [-0.2, -0.15) is 5.43 Å². The molecule has 0 spiro atoms. The Morgan fingerprint density at radius 1 is 1.33 bits per heavy atom. The first-order chi connectivity index (χ1) is 4.04. The number of nitrogens with zero attached hydrogens (tertiary/aromatic N) is 1. The van der Waals surface area contributed by atoms with Gasteiger partial charge in [-0.05, 0) is 13.8 Å². The standard InChI is InChI=1S/C7H17N2/c1-6(2)8-9(5)7(3)4/h6,8H,1-5H3/q+1. The summed E-state index contributed by atoms with van der Waals surface area (Å²) in [6.07, 6.45) is 0. The van der Waals surface area contributed by atoms with Crippen LogP contribution in [-0.2, 0) is 0 Å². The third-order valence-electron chi connectivity index (χ3n) is 1.12. The minimum absolute atomic E-state index is 0.518. The van der Waals surface area contributed by atoms with Crippen LogP contribution in [0.2, 0.25) is 0 Å². The summed E-state index contributed by atoms with van der Waals surface area (Å²) in [6, 6.07) is 0.518. The molecule has 0 unspecified atom stereocenters. The number of hydrazone groups is 1. The lowest BCUT2D eigenvalue weighted by atomic mass is 10.4. The normalized spacial score (nSPS) is 9.56. The predicted molar refractivity (Wildman–Crippen MR) is 40.8 cm³/mol. The van der Waals surface area contributed by atoms with Crippen LogP contribution in [0.25, 0.3) is 0 Å². The zero-order valence-corrected chi connectivity index (χ0v) is 7.02. The van der Waals surface area contributed by atoms with E-state index in [4.69, 9.17) is 0 Å². The molecule has 9 heavy (non-hydrogen) atoms. The molecule has 0 bridgehead atoms. The second-order valence-corrected chi connectivity index (χ2v) is 2.79. The number of hydrogen-bond donors (Lipinski definition) is 1. The average Bonchev–Trinajstić information content (AvgIpc) is 1.63. The van der Waals surface area contributed by atoms with Crippen LogP contribution in [0.3, 0.4) is 0 Å². The van der Waals surface area contributed by atoms with Gasteiger partial charge >= 0.3 is 0 Å². The molecule has 54 valence electrons. The minimum Gasteiger partial charge on any atom is -0.196 e. The molecule has 0 aliphatic rings. The molecule has 0 aliphatic carbocycles. The largest absolute Gasteiger partial charge is 0.196 e. The van der Waals surface area contributed by atoms with Gasteiger partial charge < -0.3 is 0 Å². The smallest absolute Gasteiger partial charge is 0.175 e. The summed E-state index contributed by atoms with van der Waals surface area (Å²) in [5.74, 6) is 0. The van der Waals surface area contributed by atoms with E-state index in [2.05, 4.69) is 33.1 Å². The lowest BCUT2D eigenvalue weighted by Gasteiger charge is -2.04. The molecule has 0 aromatic carbocycles. The summed E-state index contributed by atoms with van der Waals surface area (Å²) >= 11 is 0. The second kappa shape index (κ2) is 3.49. The zero-order valence-electron chi connectivity index (χ0n) is 7.02. The first-order valence-corrected chi connectivity index (χ1v) is 3.34. The maximum absolute atomic E-state index is 3.24. The van der Waals surface area contributed by atoms with Crippen molar-refractivity contribution in [3.63, 3.8) is 0 Å². The molecule has 0 rings (SSSR count). The summed E-state index contributed by atoms with van der Waals surface area (Å²) in [5.41, 5.74) is 4.52. The van der Waals surface area contributed by atoms with Gasteiger partial charge in [0.1, 0.15) is 0 Å². The van der Waals surface area contributed by atoms with Crippen LogP contribution in [-0.4, -0.2) is 23.5 Å². The van der Waals surface area contributed by atoms with Crippen molar-refractivity contribution >= 4 is 5.71 Å². The number of rotatable bonds is 2. The van der Waals surface area contributed by atoms with Crippen LogP contribution in [0.15, 0.2) is 0 Å². The molecular formula is C7H17N2+. The Morgan fingerprint density at radius 3 is 1.89 bits per heavy atom. The van der Waals surface area contributed by atoms with E-state index < -0.39 is 0 Å². The summed E-state index contributed by atoms with van der Waals surface area (Å²) in [6.45, 7) is 8.41. The summed E-state index contributed by atoms with van der Waals surface area (Å²) < 4.78 is 2.03. The second-order valence-electron chi connectivity index (χ2n) is 2.79. The molecule has 0 aromatic rings. The summed E-state index contributed by atoms with van der Waals surface area (Å²) in [5, 5.41) is 0. The van der Waals surface area contributed by atoms with E-state index in [9.17, 15) is 0 Å². The van der Waals surface area contributed by atoms with Gasteiger partial charge in [-0.15, -0.1) is 4.68 Å². The van der Waals surface area contributed by atoms with Gasteiger partial charge in [-0.1, -0.05) is 0 Å². The molecule has 0 aromatic heterocycles. The Morgan fingerprint density at radius 2 is 1.78 bits per heavy atom. The van der Waals surface area contributed by atoms with Gasteiger partial charge in [-0.3, -0.25) is 0 Å². The van der Waals surface area contributed by atoms with E-state index in [1.165, 1.54) is 5.71 Å². The minimum atomic E-state index is 0.518. The van der Waals surface area contributed by atoms with Crippen LogP contribution in [0, 0.1) is 0 Å². The van der Waals surface area contributed by atoms with Crippen molar-refractivity contribution < 1.29 is 4.68 Å². The topological polar surface area (TPSA) is 15.0 Å². The van der Waals surface area contributed by atoms with E-state index in [0.717, 1.165) is 0 Å². The molecule has 0 radical (unpaired) electrons. The molecular weight excluding hydrogens is 112 g/mol. The van der Waals surface area contributed by atoms with Crippen molar-refractivity contribution in [1.29, 1.82) is 0 Å². The molecule has 0 heterocycles. The average molecular weight is 129 g/mol. The zero-order chi connectivity index (χ0) is 7.44. The molecule has 0 fully saturated rings. The molecule has 0 amide bonds. The van der Waals surface area contributed by atoms with Crippen molar-refractivity contribution in [3.8, 4) is 0 Å². The molecule has 0 saturated carbocycles. The number of nitrogens with one attached hydrogen (secondary N) is 1. The van der Waals surface area contributed by atoms with Gasteiger partial charge in [0.15, 0.2) is 12.8 Å². The van der Waals surface area contributed by atoms with Gasteiger partial charge in [0, 0.05) is 13.8 Å². The van der Waals surface area contributed by atoms with Crippen molar-refractivity contribution in [3.05, 3.63) is 0 Å². The van der Waals surface area contributed by atoms with Crippen LogP contribution in [0.4, 0.5) is 0 Å². The van der Waals surface area contributed by atoms with Gasteiger partial charge in [0.05, 0.1) is 6.04 Å². The van der Waals surface area contributed by atoms with Crippen LogP contribution in [0.5, 0.6) is 0 Å². The maximum atomic E-state index is 3.24. The Bertz CT molecular complexity index is 110. The molecule has 0 aliphatic heterocycles. The summed E-state index contributed by atoms with van der Waals surface area (Å²) in [7, 11) is 2.02. The van der Waals surface area contributed by atoms with Crippen LogP contribution in [0.1, 0.15) is 27.7 Å². The van der Waals surface area contributed by atoms with E-state index in [0.29, 0.717) is 6.04 Å². The Balaban J connectivity index is 3.77. The SMILES string of the molecule is CC(C)=[N+](C)NC(C)C. The quantitative estimate of drug-likeness (QED) is 0.334. The number of hydrogen-bond acceptors (Lipinski definition) is 1. The monoisotopic (exact) mass is 129 g/mol. The Labute approximate surface area is 57.6 Å². The fourth-order valence-corrected chi connectivity index (χ4v) is 0.516. The number of hydrazine groups is 1. The van der Waals surface area contributed by atoms with Gasteiger partial charge in [-0.25, -0.2) is 0 Å². The highest BCUT2D eigenvalue weighted by Crippen LogP contribution is 1.76. The highest BCUT2D eigenvalue weighted by molar-refractivity contribution is 5.73. The lowest BCUT2D eigenvalue weighted by molar-refractivity contribution is -0.566. The third-order valence-corrected chi connectivity index (χ3v) is 1.12. The van der Waals surface area contributed by atoms with Gasteiger partial charge in [0.2, 0.25) is 0 Å². The van der Waals surface area contributed by atoms with Crippen LogP contribution < -0.4 is 5.43 Å². The lowest BCUT2D eigenvalue weighted by Crippen LogP contribution is -2.34. The van der Waals surface area contributed by atoms with Crippen molar-refractivity contribution in [2.45, 2.75) is 33.7 Å². The van der Waals surface area contributed by atoms with Crippen molar-refractivity contribution in [2.75, 3.05) is 7.05 Å². The molecule has 2 nitrogen and oxygen atoms in total. The Hall–Kier alpha value is -0.530. The highest BCUT2D eigenvalue weighted by atomic mass is 15.4. The molecule has 1 N–H and O–H groups in total. The van der Waals surface area contributed by atoms with E-state index in [-0.39, 0.29) is 0 Å². The highest BCUT2D eigenvalue weighted by Gasteiger charge is 1.99. The van der Waals surface area contributed by atoms with Crippen molar-refractivity contribution in [1.82, 2.24) is 5.43 Å². The Kier molecular flexibility index (Phi) is 3.28. The van der Waals surface area contributed by atoms with E-state index in [1.807, 2.05) is 11.7 Å². The van der Waals surface area contributed by atoms with Gasteiger partial charge in [0.25, 0.3) is 0 Å². The predicted octanol–water partition coefficient (Wildman–Crippen LogP) is 1.02. The fourth-order valence-electron chi connectivity index (χ4n) is 0.516. The molecule has 0 saturated heterocycles.